The van der Waals surface area contributed by atoms with Gasteiger partial charge in [-0.2, -0.15) is 0 Å². The Hall–Kier alpha value is -3.86. The monoisotopic (exact) mass is 611 g/mol. The number of amides is 1. The van der Waals surface area contributed by atoms with E-state index in [-0.39, 0.29) is 9.79 Å². The Kier molecular flexibility index (Phi) is 8.77. The van der Waals surface area contributed by atoms with Crippen LogP contribution in [0.2, 0.25) is 5.02 Å². The lowest BCUT2D eigenvalue weighted by atomic mass is 10.1. The van der Waals surface area contributed by atoms with Crippen molar-refractivity contribution >= 4 is 54.6 Å². The van der Waals surface area contributed by atoms with Crippen LogP contribution in [0.25, 0.3) is 0 Å². The molecule has 0 spiro atoms. The summed E-state index contributed by atoms with van der Waals surface area (Å²) in [5, 5.41) is 3.10. The number of nitrogens with zero attached hydrogens (tertiary/aromatic N) is 1. The quantitative estimate of drug-likeness (QED) is 0.234. The Morgan fingerprint density at radius 2 is 1.34 bits per heavy atom. The third-order valence-corrected chi connectivity index (χ3v) is 9.93. The van der Waals surface area contributed by atoms with Gasteiger partial charge in [0.1, 0.15) is 6.54 Å². The molecule has 8 nitrogen and oxygen atoms in total. The molecule has 0 heterocycles. The molecule has 0 aliphatic carbocycles. The van der Waals surface area contributed by atoms with E-state index in [1.807, 2.05) is 26.8 Å². The normalized spacial score (nSPS) is 11.6. The fraction of sp³-hybridized carbons (Fsp3) is 0.167. The van der Waals surface area contributed by atoms with Crippen LogP contribution < -0.4 is 14.3 Å². The van der Waals surface area contributed by atoms with Crippen molar-refractivity contribution in [2.75, 3.05) is 20.9 Å². The lowest BCUT2D eigenvalue weighted by Crippen LogP contribution is -2.38. The number of carbonyl (C=O) groups excluding carboxylic acids is 1. The second kappa shape index (κ2) is 11.9. The van der Waals surface area contributed by atoms with Crippen LogP contribution in [0.15, 0.2) is 94.7 Å². The molecule has 1 amide bonds. The van der Waals surface area contributed by atoms with Gasteiger partial charge in [0.2, 0.25) is 5.91 Å². The number of halogens is 1. The summed E-state index contributed by atoms with van der Waals surface area (Å²) >= 11 is 6.10. The van der Waals surface area contributed by atoms with Crippen LogP contribution in [-0.4, -0.2) is 29.3 Å². The maximum absolute atomic E-state index is 13.7. The first kappa shape index (κ1) is 30.1. The zero-order valence-corrected chi connectivity index (χ0v) is 25.4. The zero-order valence-electron chi connectivity index (χ0n) is 23.0. The smallest absolute Gasteiger partial charge is 0.264 e. The SMILES string of the molecule is Cc1ccc(S(=O)(=O)N(CC(=O)Nc2ccc(S(=O)(=O)Nc3cccc(Cl)c3C)cc2)c2cc(C)cc(C)c2)cc1. The molecule has 0 unspecified atom stereocenters. The molecule has 0 bridgehead atoms. The number of nitrogens with one attached hydrogen (secondary N) is 2. The molecule has 0 aliphatic heterocycles. The van der Waals surface area contributed by atoms with Gasteiger partial charge in [-0.05, 0) is 105 Å². The molecule has 0 aromatic heterocycles. The highest BCUT2D eigenvalue weighted by molar-refractivity contribution is 7.93. The van der Waals surface area contributed by atoms with E-state index in [0.717, 1.165) is 21.0 Å². The number of carbonyl (C=O) groups is 1. The van der Waals surface area contributed by atoms with E-state index >= 15 is 0 Å². The zero-order chi connectivity index (χ0) is 29.9. The van der Waals surface area contributed by atoms with Crippen molar-refractivity contribution < 1.29 is 21.6 Å². The standard InChI is InChI=1S/C30H30ClN3O5S2/c1-20-8-12-27(13-9-20)41(38,39)34(25-17-21(2)16-22(3)18-25)19-30(35)32-24-10-14-26(15-11-24)40(36,37)33-29-7-5-6-28(31)23(29)4/h5-18,33H,19H2,1-4H3,(H,32,35). The topological polar surface area (TPSA) is 113 Å². The van der Waals surface area contributed by atoms with Crippen LogP contribution in [-0.2, 0) is 24.8 Å². The fourth-order valence-corrected chi connectivity index (χ4v) is 6.92. The molecule has 0 radical (unpaired) electrons. The third kappa shape index (κ3) is 7.08. The van der Waals surface area contributed by atoms with E-state index in [2.05, 4.69) is 10.0 Å². The van der Waals surface area contributed by atoms with E-state index in [1.165, 1.54) is 36.4 Å². The number of sulfonamides is 2. The number of anilines is 3. The molecule has 4 aromatic rings. The molecule has 11 heteroatoms. The number of rotatable bonds is 9. The summed E-state index contributed by atoms with van der Waals surface area (Å²) in [6.07, 6.45) is 0. The van der Waals surface area contributed by atoms with E-state index in [1.54, 1.807) is 49.4 Å². The van der Waals surface area contributed by atoms with Crippen LogP contribution in [0.5, 0.6) is 0 Å². The van der Waals surface area contributed by atoms with Crippen molar-refractivity contribution in [1.29, 1.82) is 0 Å². The van der Waals surface area contributed by atoms with E-state index in [9.17, 15) is 21.6 Å². The van der Waals surface area contributed by atoms with Crippen molar-refractivity contribution in [3.05, 3.63) is 112 Å². The van der Waals surface area contributed by atoms with Gasteiger partial charge in [0.15, 0.2) is 0 Å². The van der Waals surface area contributed by atoms with Crippen molar-refractivity contribution in [2.24, 2.45) is 0 Å². The molecule has 0 saturated carbocycles. The largest absolute Gasteiger partial charge is 0.325 e. The van der Waals surface area contributed by atoms with Gasteiger partial charge in [-0.25, -0.2) is 16.8 Å². The molecule has 2 N–H and O–H groups in total. The predicted octanol–water partition coefficient (Wildman–Crippen LogP) is 6.21. The number of aryl methyl sites for hydroxylation is 3. The van der Waals surface area contributed by atoms with Gasteiger partial charge in [-0.3, -0.25) is 13.8 Å². The first-order valence-corrected chi connectivity index (χ1v) is 15.9. The summed E-state index contributed by atoms with van der Waals surface area (Å²) in [5.74, 6) is -0.594. The van der Waals surface area contributed by atoms with Crippen LogP contribution in [0.3, 0.4) is 0 Å². The van der Waals surface area contributed by atoms with Gasteiger partial charge in [0.05, 0.1) is 21.2 Å². The lowest BCUT2D eigenvalue weighted by molar-refractivity contribution is -0.114. The van der Waals surface area contributed by atoms with E-state index < -0.39 is 32.5 Å². The molecule has 41 heavy (non-hydrogen) atoms. The summed E-state index contributed by atoms with van der Waals surface area (Å²) in [6, 6.07) is 22.2. The molecular formula is C30H30ClN3O5S2. The van der Waals surface area contributed by atoms with Crippen molar-refractivity contribution in [2.45, 2.75) is 37.5 Å². The van der Waals surface area contributed by atoms with Crippen molar-refractivity contribution in [3.63, 3.8) is 0 Å². The Bertz CT molecular complexity index is 1790. The van der Waals surface area contributed by atoms with Crippen LogP contribution in [0.1, 0.15) is 22.3 Å². The second-order valence-electron chi connectivity index (χ2n) is 9.76. The second-order valence-corrected chi connectivity index (χ2v) is 13.7. The maximum atomic E-state index is 13.7. The Morgan fingerprint density at radius 1 is 0.756 bits per heavy atom. The summed E-state index contributed by atoms with van der Waals surface area (Å²) in [7, 11) is -8.00. The molecule has 4 aromatic carbocycles. The third-order valence-electron chi connectivity index (χ3n) is 6.35. The molecule has 0 saturated heterocycles. The highest BCUT2D eigenvalue weighted by Crippen LogP contribution is 2.28. The molecule has 0 fully saturated rings. The minimum atomic E-state index is -4.08. The van der Waals surface area contributed by atoms with E-state index in [4.69, 9.17) is 11.6 Å². The molecule has 0 aliphatic rings. The van der Waals surface area contributed by atoms with Crippen LogP contribution >= 0.6 is 11.6 Å². The van der Waals surface area contributed by atoms with Gasteiger partial charge in [0, 0.05) is 10.7 Å². The average Bonchev–Trinajstić information content (AvgIpc) is 2.90. The fourth-order valence-electron chi connectivity index (χ4n) is 4.22. The summed E-state index contributed by atoms with van der Waals surface area (Å²) in [5.41, 5.74) is 4.23. The molecule has 0 atom stereocenters. The highest BCUT2D eigenvalue weighted by atomic mass is 35.5. The Labute approximate surface area is 246 Å². The minimum Gasteiger partial charge on any atom is -0.325 e. The van der Waals surface area contributed by atoms with Gasteiger partial charge >= 0.3 is 0 Å². The number of hydrogen-bond donors (Lipinski definition) is 2. The first-order valence-electron chi connectivity index (χ1n) is 12.6. The first-order chi connectivity index (χ1) is 19.3. The van der Waals surface area contributed by atoms with Crippen LogP contribution in [0, 0.1) is 27.7 Å². The van der Waals surface area contributed by atoms with Gasteiger partial charge in [-0.15, -0.1) is 0 Å². The maximum Gasteiger partial charge on any atom is 0.264 e. The number of hydrogen-bond acceptors (Lipinski definition) is 5. The lowest BCUT2D eigenvalue weighted by Gasteiger charge is -2.25. The number of benzene rings is 4. The van der Waals surface area contributed by atoms with Gasteiger partial charge in [0.25, 0.3) is 20.0 Å². The predicted molar refractivity (Wildman–Crippen MR) is 164 cm³/mol. The average molecular weight is 612 g/mol. The molecule has 214 valence electrons. The summed E-state index contributed by atoms with van der Waals surface area (Å²) < 4.78 is 56.7. The van der Waals surface area contributed by atoms with Crippen molar-refractivity contribution in [1.82, 2.24) is 0 Å². The Balaban J connectivity index is 1.56. The van der Waals surface area contributed by atoms with Gasteiger partial charge in [-0.1, -0.05) is 41.4 Å². The molecule has 4 rings (SSSR count). The van der Waals surface area contributed by atoms with Crippen molar-refractivity contribution in [3.8, 4) is 0 Å². The Morgan fingerprint density at radius 3 is 1.95 bits per heavy atom. The summed E-state index contributed by atoms with van der Waals surface area (Å²) in [6.45, 7) is 6.78. The summed E-state index contributed by atoms with van der Waals surface area (Å²) in [4.78, 5) is 13.2. The highest BCUT2D eigenvalue weighted by Gasteiger charge is 2.28. The molecular weight excluding hydrogens is 582 g/mol. The van der Waals surface area contributed by atoms with Crippen LogP contribution in [0.4, 0.5) is 17.1 Å². The van der Waals surface area contributed by atoms with Gasteiger partial charge < -0.3 is 5.32 Å². The van der Waals surface area contributed by atoms with E-state index in [0.29, 0.717) is 27.6 Å². The minimum absolute atomic E-state index is 0.0197.